The number of hydrogen-bond acceptors (Lipinski definition) is 8. The number of amides is 1. The van der Waals surface area contributed by atoms with Crippen LogP contribution in [0.4, 0.5) is 0 Å². The van der Waals surface area contributed by atoms with Crippen LogP contribution in [-0.4, -0.2) is 76.3 Å². The van der Waals surface area contributed by atoms with Crippen molar-refractivity contribution in [1.29, 1.82) is 0 Å². The zero-order chi connectivity index (χ0) is 28.8. The van der Waals surface area contributed by atoms with Gasteiger partial charge in [-0.2, -0.15) is 0 Å². The maximum Gasteiger partial charge on any atom is 0.254 e. The molecule has 0 saturated carbocycles. The molecule has 0 aliphatic carbocycles. The van der Waals surface area contributed by atoms with Crippen LogP contribution < -0.4 is 19.5 Å². The van der Waals surface area contributed by atoms with E-state index in [4.69, 9.17) is 19.2 Å². The van der Waals surface area contributed by atoms with E-state index in [1.54, 1.807) is 25.4 Å². The number of pyridine rings is 2. The van der Waals surface area contributed by atoms with Crippen molar-refractivity contribution in [3.05, 3.63) is 53.9 Å². The largest absolute Gasteiger partial charge is 0.493 e. The second-order valence-electron chi connectivity index (χ2n) is 12.9. The zero-order valence-corrected chi connectivity index (χ0v) is 24.8. The van der Waals surface area contributed by atoms with E-state index in [9.17, 15) is 4.79 Å². The quantitative estimate of drug-likeness (QED) is 0.413. The van der Waals surface area contributed by atoms with Crippen LogP contribution in [0.3, 0.4) is 0 Å². The van der Waals surface area contributed by atoms with Gasteiger partial charge >= 0.3 is 0 Å². The van der Waals surface area contributed by atoms with E-state index in [0.717, 1.165) is 42.9 Å². The van der Waals surface area contributed by atoms with Crippen molar-refractivity contribution >= 4 is 16.9 Å². The maximum absolute atomic E-state index is 14.3. The molecule has 1 N–H and O–H groups in total. The maximum atomic E-state index is 14.3. The van der Waals surface area contributed by atoms with Crippen LogP contribution >= 0.6 is 0 Å². The van der Waals surface area contributed by atoms with Gasteiger partial charge in [-0.05, 0) is 87.4 Å². The summed E-state index contributed by atoms with van der Waals surface area (Å²) in [6.45, 7) is 6.95. The molecular weight excluding hydrogens is 530 g/mol. The third-order valence-electron chi connectivity index (χ3n) is 9.35. The first-order chi connectivity index (χ1) is 20.3. The molecular formula is C33H41N5O4. The molecule has 6 heterocycles. The van der Waals surface area contributed by atoms with Gasteiger partial charge in [0.15, 0.2) is 17.1 Å². The molecule has 42 heavy (non-hydrogen) atoms. The van der Waals surface area contributed by atoms with Crippen molar-refractivity contribution in [2.75, 3.05) is 26.7 Å². The molecule has 2 aromatic heterocycles. The first kappa shape index (κ1) is 27.4. The fourth-order valence-electron chi connectivity index (χ4n) is 7.49. The average Bonchev–Trinajstić information content (AvgIpc) is 3.66. The molecule has 0 radical (unpaired) electrons. The molecule has 4 atom stereocenters. The number of carbonyl (C=O) groups excluding carboxylic acids is 1. The summed E-state index contributed by atoms with van der Waals surface area (Å²) in [6, 6.07) is 13.2. The summed E-state index contributed by atoms with van der Waals surface area (Å²) >= 11 is 0. The van der Waals surface area contributed by atoms with Gasteiger partial charge in [0.2, 0.25) is 11.5 Å². The Balaban J connectivity index is 1.16. The first-order valence-corrected chi connectivity index (χ1v) is 15.4. The molecule has 222 valence electrons. The van der Waals surface area contributed by atoms with E-state index < -0.39 is 5.79 Å². The summed E-state index contributed by atoms with van der Waals surface area (Å²) in [5.41, 5.74) is 2.03. The lowest BCUT2D eigenvalue weighted by Gasteiger charge is -2.36. The van der Waals surface area contributed by atoms with Gasteiger partial charge in [0, 0.05) is 62.2 Å². The fourth-order valence-corrected chi connectivity index (χ4v) is 7.49. The molecule has 9 heteroatoms. The topological polar surface area (TPSA) is 89.1 Å². The van der Waals surface area contributed by atoms with E-state index >= 15 is 0 Å². The third-order valence-corrected chi connectivity index (χ3v) is 9.35. The highest BCUT2D eigenvalue weighted by Gasteiger charge is 2.38. The Labute approximate surface area is 247 Å². The number of carbonyl (C=O) groups is 1. The molecule has 7 rings (SSSR count). The highest BCUT2D eigenvalue weighted by molar-refractivity contribution is 5.95. The van der Waals surface area contributed by atoms with E-state index in [1.807, 2.05) is 43.0 Å². The van der Waals surface area contributed by atoms with Gasteiger partial charge in [-0.1, -0.05) is 0 Å². The summed E-state index contributed by atoms with van der Waals surface area (Å²) in [6.07, 6.45) is 9.18. The summed E-state index contributed by atoms with van der Waals surface area (Å²) in [4.78, 5) is 28.2. The van der Waals surface area contributed by atoms with Gasteiger partial charge in [-0.15, -0.1) is 0 Å². The molecule has 1 aromatic carbocycles. The summed E-state index contributed by atoms with van der Waals surface area (Å²) in [5.74, 6) is 1.39. The first-order valence-electron chi connectivity index (χ1n) is 15.4. The Morgan fingerprint density at radius 1 is 1.14 bits per heavy atom. The number of benzene rings is 1. The number of ether oxygens (including phenoxy) is 3. The molecule has 3 aromatic rings. The van der Waals surface area contributed by atoms with E-state index in [1.165, 1.54) is 25.7 Å². The predicted octanol–water partition coefficient (Wildman–Crippen LogP) is 4.78. The van der Waals surface area contributed by atoms with E-state index in [2.05, 4.69) is 15.2 Å². The molecule has 4 aliphatic heterocycles. The van der Waals surface area contributed by atoms with Crippen molar-refractivity contribution in [3.63, 3.8) is 0 Å². The fraction of sp³-hybridized carbons (Fsp3) is 0.545. The van der Waals surface area contributed by atoms with Gasteiger partial charge in [-0.3, -0.25) is 9.69 Å². The van der Waals surface area contributed by atoms with Crippen molar-refractivity contribution < 1.29 is 19.0 Å². The van der Waals surface area contributed by atoms with E-state index in [0.29, 0.717) is 59.7 Å². The highest BCUT2D eigenvalue weighted by Crippen LogP contribution is 2.47. The van der Waals surface area contributed by atoms with Crippen LogP contribution in [0, 0.1) is 5.92 Å². The predicted molar refractivity (Wildman–Crippen MR) is 160 cm³/mol. The highest BCUT2D eigenvalue weighted by atomic mass is 16.7. The van der Waals surface area contributed by atoms with Crippen molar-refractivity contribution in [1.82, 2.24) is 25.1 Å². The van der Waals surface area contributed by atoms with Crippen LogP contribution in [0.25, 0.3) is 11.0 Å². The second kappa shape index (κ2) is 11.0. The third kappa shape index (κ3) is 5.52. The lowest BCUT2D eigenvalue weighted by atomic mass is 9.92. The lowest BCUT2D eigenvalue weighted by molar-refractivity contribution is -0.0439. The van der Waals surface area contributed by atoms with Crippen LogP contribution in [-0.2, 0) is 6.54 Å². The minimum atomic E-state index is -0.822. The van der Waals surface area contributed by atoms with Crippen molar-refractivity contribution in [2.24, 2.45) is 5.92 Å². The Bertz CT molecular complexity index is 1470. The van der Waals surface area contributed by atoms with Gasteiger partial charge in [0.1, 0.15) is 0 Å². The number of rotatable bonds is 8. The number of piperidine rings is 1. The number of nitrogens with one attached hydrogen (secondary N) is 1. The Kier molecular flexibility index (Phi) is 7.18. The van der Waals surface area contributed by atoms with Crippen molar-refractivity contribution in [2.45, 2.75) is 82.8 Å². The summed E-state index contributed by atoms with van der Waals surface area (Å²) in [7, 11) is 1.59. The number of fused-ring (bicyclic) bond motifs is 4. The molecule has 1 unspecified atom stereocenters. The molecule has 3 fully saturated rings. The lowest BCUT2D eigenvalue weighted by Crippen LogP contribution is -2.47. The SMILES string of the molecule is COc1cc(C(=O)N(Cc2ccc3cccnc3n2)C[C@@H]2CCCN2CC2C[C@H]3CC[C@@H](C2)N3)cc2c1OC(C)(C)O2. The van der Waals surface area contributed by atoms with Crippen LogP contribution in [0.1, 0.15) is 68.4 Å². The molecule has 1 amide bonds. The van der Waals surface area contributed by atoms with Crippen LogP contribution in [0.15, 0.2) is 42.6 Å². The average molecular weight is 572 g/mol. The minimum absolute atomic E-state index is 0.0703. The number of hydrogen-bond donors (Lipinski definition) is 1. The smallest absolute Gasteiger partial charge is 0.254 e. The van der Waals surface area contributed by atoms with Crippen molar-refractivity contribution in [3.8, 4) is 17.2 Å². The normalized spacial score (nSPS) is 26.1. The van der Waals surface area contributed by atoms with E-state index in [-0.39, 0.29) is 5.91 Å². The molecule has 9 nitrogen and oxygen atoms in total. The molecule has 4 aliphatic rings. The van der Waals surface area contributed by atoms with Gasteiger partial charge in [-0.25, -0.2) is 9.97 Å². The Morgan fingerprint density at radius 2 is 1.98 bits per heavy atom. The van der Waals surface area contributed by atoms with Crippen LogP contribution in [0.2, 0.25) is 0 Å². The number of likely N-dealkylation sites (tertiary alicyclic amines) is 1. The minimum Gasteiger partial charge on any atom is -0.493 e. The van der Waals surface area contributed by atoms with Gasteiger partial charge in [0.05, 0.1) is 19.3 Å². The molecule has 2 bridgehead atoms. The van der Waals surface area contributed by atoms with Crippen LogP contribution in [0.5, 0.6) is 17.2 Å². The standard InChI is InChI=1S/C33H41N5O4/c1-33(2)41-29-17-23(16-28(40-3)30(29)42-33)32(39)38(19-26-9-8-22-6-4-12-34-31(22)36-26)20-27-7-5-13-37(27)18-21-14-24-10-11-25(15-21)35-24/h4,6,8-9,12,16-17,21,24-25,27,35H,5,7,10-11,13-15,18-20H2,1-3H3/t21?,24-,25+,27-/m0/s1. The molecule has 0 spiro atoms. The monoisotopic (exact) mass is 571 g/mol. The zero-order valence-electron chi connectivity index (χ0n) is 24.8. The van der Waals surface area contributed by atoms with Gasteiger partial charge < -0.3 is 24.4 Å². The number of nitrogens with zero attached hydrogens (tertiary/aromatic N) is 4. The summed E-state index contributed by atoms with van der Waals surface area (Å²) < 4.78 is 17.6. The Hall–Kier alpha value is -3.43. The number of methoxy groups -OCH3 is 1. The molecule has 3 saturated heterocycles. The summed E-state index contributed by atoms with van der Waals surface area (Å²) in [5, 5.41) is 4.77. The second-order valence-corrected chi connectivity index (χ2v) is 12.9. The number of aromatic nitrogens is 2. The van der Waals surface area contributed by atoms with Gasteiger partial charge in [0.25, 0.3) is 5.91 Å². The Morgan fingerprint density at radius 3 is 2.79 bits per heavy atom.